The number of sulfone groups is 1. The molecule has 0 fully saturated rings. The van der Waals surface area contributed by atoms with Gasteiger partial charge in [0.15, 0.2) is 9.84 Å². The second-order valence-corrected chi connectivity index (χ2v) is 8.52. The van der Waals surface area contributed by atoms with Gasteiger partial charge < -0.3 is 11.1 Å². The summed E-state index contributed by atoms with van der Waals surface area (Å²) in [5, 5.41) is 3.96. The van der Waals surface area contributed by atoms with E-state index in [1.807, 2.05) is 0 Å². The van der Waals surface area contributed by atoms with Crippen molar-refractivity contribution in [2.45, 2.75) is 24.0 Å². The molecule has 0 bridgehead atoms. The highest BCUT2D eigenvalue weighted by Crippen LogP contribution is 2.24. The van der Waals surface area contributed by atoms with E-state index in [4.69, 9.17) is 5.73 Å². The average molecular weight is 352 g/mol. The van der Waals surface area contributed by atoms with Crippen LogP contribution in [0.25, 0.3) is 0 Å². The number of primary amides is 1. The molecule has 0 radical (unpaired) electrons. The lowest BCUT2D eigenvalue weighted by atomic mass is 10.2. The Bertz CT molecular complexity index is 854. The second kappa shape index (κ2) is 6.51. The lowest BCUT2D eigenvalue weighted by molar-refractivity contribution is 0.100. The van der Waals surface area contributed by atoms with Gasteiger partial charge in [0.1, 0.15) is 5.00 Å². The van der Waals surface area contributed by atoms with E-state index in [0.717, 1.165) is 11.3 Å². The van der Waals surface area contributed by atoms with Crippen molar-refractivity contribution >= 4 is 38.0 Å². The molecular weight excluding hydrogens is 336 g/mol. The molecule has 0 aliphatic rings. The number of nitrogens with two attached hydrogens (primary N) is 1. The Kier molecular flexibility index (Phi) is 4.86. The van der Waals surface area contributed by atoms with Crippen molar-refractivity contribution < 1.29 is 18.0 Å². The molecule has 0 unspecified atom stereocenters. The highest BCUT2D eigenvalue weighted by Gasteiger charge is 2.21. The highest BCUT2D eigenvalue weighted by atomic mass is 32.2. The number of nitrogens with one attached hydrogen (secondary N) is 1. The Balaban J connectivity index is 2.31. The monoisotopic (exact) mass is 352 g/mol. The first-order valence-electron chi connectivity index (χ1n) is 6.76. The van der Waals surface area contributed by atoms with Gasteiger partial charge in [-0.15, -0.1) is 11.3 Å². The average Bonchev–Trinajstić information content (AvgIpc) is 2.95. The Morgan fingerprint density at radius 3 is 2.52 bits per heavy atom. The summed E-state index contributed by atoms with van der Waals surface area (Å²) < 4.78 is 24.4. The third kappa shape index (κ3) is 3.59. The number of benzene rings is 1. The van der Waals surface area contributed by atoms with Crippen LogP contribution in [0.2, 0.25) is 0 Å². The van der Waals surface area contributed by atoms with Gasteiger partial charge >= 0.3 is 0 Å². The van der Waals surface area contributed by atoms with Crippen LogP contribution < -0.4 is 11.1 Å². The number of hydrogen-bond acceptors (Lipinski definition) is 5. The topological polar surface area (TPSA) is 106 Å². The fourth-order valence-corrected chi connectivity index (χ4v) is 3.75. The minimum Gasteiger partial charge on any atom is -0.366 e. The molecule has 1 heterocycles. The summed E-state index contributed by atoms with van der Waals surface area (Å²) in [4.78, 5) is 23.6. The molecule has 0 aliphatic heterocycles. The molecule has 0 saturated carbocycles. The van der Waals surface area contributed by atoms with Gasteiger partial charge in [-0.2, -0.15) is 0 Å². The fraction of sp³-hybridized carbons (Fsp3) is 0.200. The fourth-order valence-electron chi connectivity index (χ4n) is 1.86. The molecule has 23 heavy (non-hydrogen) atoms. The van der Waals surface area contributed by atoms with Crippen LogP contribution in [0.4, 0.5) is 5.00 Å². The predicted molar refractivity (Wildman–Crippen MR) is 89.6 cm³/mol. The van der Waals surface area contributed by atoms with E-state index in [9.17, 15) is 18.0 Å². The van der Waals surface area contributed by atoms with Crippen molar-refractivity contribution in [3.8, 4) is 0 Å². The quantitative estimate of drug-likeness (QED) is 0.861. The summed E-state index contributed by atoms with van der Waals surface area (Å²) in [5.74, 6) is -1.14. The molecular formula is C15H16N2O4S2. The smallest absolute Gasteiger partial charge is 0.256 e. The minimum atomic E-state index is -3.47. The molecule has 2 rings (SSSR count). The van der Waals surface area contributed by atoms with Gasteiger partial charge in [-0.25, -0.2) is 8.42 Å². The van der Waals surface area contributed by atoms with Crippen LogP contribution in [-0.4, -0.2) is 25.5 Å². The molecule has 1 aromatic heterocycles. The molecule has 0 spiro atoms. The first-order chi connectivity index (χ1) is 10.7. The van der Waals surface area contributed by atoms with Crippen LogP contribution in [0.5, 0.6) is 0 Å². The minimum absolute atomic E-state index is 0.0847. The zero-order valence-corrected chi connectivity index (χ0v) is 14.2. The Labute approximate surface area is 138 Å². The van der Waals surface area contributed by atoms with Crippen molar-refractivity contribution in [2.75, 3.05) is 5.32 Å². The van der Waals surface area contributed by atoms with Crippen molar-refractivity contribution in [3.05, 3.63) is 46.8 Å². The molecule has 2 amide bonds. The van der Waals surface area contributed by atoms with Gasteiger partial charge in [-0.3, -0.25) is 9.59 Å². The summed E-state index contributed by atoms with van der Waals surface area (Å²) in [6, 6.07) is 7.30. The maximum Gasteiger partial charge on any atom is 0.256 e. The van der Waals surface area contributed by atoms with E-state index in [-0.39, 0.29) is 16.0 Å². The standard InChI is InChI=1S/C15H16N2O4S2/c1-9(2)23(20,21)11-5-3-4-10(8-11)14(19)17-15-12(13(16)18)6-7-22-15/h3-9H,1-2H3,(H2,16,18)(H,17,19). The zero-order valence-electron chi connectivity index (χ0n) is 12.6. The molecule has 2 aromatic rings. The largest absolute Gasteiger partial charge is 0.366 e. The van der Waals surface area contributed by atoms with Crippen LogP contribution >= 0.6 is 11.3 Å². The van der Waals surface area contributed by atoms with Crippen molar-refractivity contribution in [2.24, 2.45) is 5.73 Å². The van der Waals surface area contributed by atoms with Crippen molar-refractivity contribution in [1.29, 1.82) is 0 Å². The number of hydrogen-bond donors (Lipinski definition) is 2. The lowest BCUT2D eigenvalue weighted by Crippen LogP contribution is -2.18. The predicted octanol–water partition coefficient (Wildman–Crippen LogP) is 2.28. The molecule has 0 atom stereocenters. The molecule has 122 valence electrons. The Hall–Kier alpha value is -2.19. The first-order valence-corrected chi connectivity index (χ1v) is 9.18. The van der Waals surface area contributed by atoms with E-state index in [1.165, 1.54) is 30.3 Å². The van der Waals surface area contributed by atoms with E-state index in [1.54, 1.807) is 19.2 Å². The second-order valence-electron chi connectivity index (χ2n) is 5.10. The lowest BCUT2D eigenvalue weighted by Gasteiger charge is -2.09. The molecule has 6 nitrogen and oxygen atoms in total. The number of carbonyl (C=O) groups excluding carboxylic acids is 2. The van der Waals surface area contributed by atoms with Gasteiger partial charge in [0.25, 0.3) is 11.8 Å². The van der Waals surface area contributed by atoms with Crippen LogP contribution in [-0.2, 0) is 9.84 Å². The molecule has 1 aromatic carbocycles. The maximum atomic E-state index is 12.3. The number of amides is 2. The van der Waals surface area contributed by atoms with Gasteiger partial charge in [-0.05, 0) is 43.5 Å². The number of rotatable bonds is 5. The van der Waals surface area contributed by atoms with Crippen LogP contribution in [0.3, 0.4) is 0 Å². The van der Waals surface area contributed by atoms with Crippen LogP contribution in [0.15, 0.2) is 40.6 Å². The maximum absolute atomic E-state index is 12.3. The van der Waals surface area contributed by atoms with Crippen molar-refractivity contribution in [3.63, 3.8) is 0 Å². The Morgan fingerprint density at radius 1 is 1.22 bits per heavy atom. The van der Waals surface area contributed by atoms with Crippen LogP contribution in [0.1, 0.15) is 34.6 Å². The zero-order chi connectivity index (χ0) is 17.2. The summed E-state index contributed by atoms with van der Waals surface area (Å²) in [6.45, 7) is 3.15. The van der Waals surface area contributed by atoms with E-state index >= 15 is 0 Å². The first kappa shape index (κ1) is 17.2. The third-order valence-corrected chi connectivity index (χ3v) is 6.19. The van der Waals surface area contributed by atoms with Gasteiger partial charge in [-0.1, -0.05) is 6.07 Å². The summed E-state index contributed by atoms with van der Waals surface area (Å²) in [6.07, 6.45) is 0. The molecule has 3 N–H and O–H groups in total. The summed E-state index contributed by atoms with van der Waals surface area (Å²) >= 11 is 1.16. The molecule has 0 aliphatic carbocycles. The third-order valence-electron chi connectivity index (χ3n) is 3.20. The van der Waals surface area contributed by atoms with Gasteiger partial charge in [0.05, 0.1) is 15.7 Å². The van der Waals surface area contributed by atoms with Gasteiger partial charge in [0.2, 0.25) is 0 Å². The highest BCUT2D eigenvalue weighted by molar-refractivity contribution is 7.92. The number of anilines is 1. The van der Waals surface area contributed by atoms with Crippen LogP contribution in [0, 0.1) is 0 Å². The SMILES string of the molecule is CC(C)S(=O)(=O)c1cccc(C(=O)Nc2sccc2C(N)=O)c1. The summed E-state index contributed by atoms with van der Waals surface area (Å²) in [7, 11) is -3.47. The van der Waals surface area contributed by atoms with E-state index < -0.39 is 26.9 Å². The van der Waals surface area contributed by atoms with Gasteiger partial charge in [0, 0.05) is 5.56 Å². The Morgan fingerprint density at radius 2 is 1.91 bits per heavy atom. The number of carbonyl (C=O) groups is 2. The molecule has 8 heteroatoms. The molecule has 0 saturated heterocycles. The van der Waals surface area contributed by atoms with E-state index in [2.05, 4.69) is 5.32 Å². The van der Waals surface area contributed by atoms with Crippen molar-refractivity contribution in [1.82, 2.24) is 0 Å². The normalized spacial score (nSPS) is 11.4. The summed E-state index contributed by atoms with van der Waals surface area (Å²) in [5.41, 5.74) is 5.63. The van der Waals surface area contributed by atoms with E-state index in [0.29, 0.717) is 5.00 Å². The number of thiophene rings is 1.